The molecule has 1 N–H and O–H groups in total. The number of aromatic nitrogens is 3. The Balaban J connectivity index is 1.58. The number of carbonyl (C=O) groups is 1. The van der Waals surface area contributed by atoms with Crippen molar-refractivity contribution in [1.29, 1.82) is 0 Å². The van der Waals surface area contributed by atoms with Gasteiger partial charge in [-0.25, -0.2) is 9.48 Å². The van der Waals surface area contributed by atoms with Crippen LogP contribution >= 0.6 is 0 Å². The maximum absolute atomic E-state index is 12.8. The van der Waals surface area contributed by atoms with Crippen molar-refractivity contribution in [2.45, 2.75) is 39.8 Å². The molecule has 0 fully saturated rings. The van der Waals surface area contributed by atoms with Gasteiger partial charge in [0.15, 0.2) is 0 Å². The molecule has 7 heteroatoms. The second-order valence-corrected chi connectivity index (χ2v) is 7.58. The Morgan fingerprint density at radius 2 is 1.97 bits per heavy atom. The minimum atomic E-state index is -0.422. The SMILES string of the molecule is CCCOC(=O)C1=C(C)Nc2ncnn2C1c1ccc(OCc2cccc(C)c2)cc1. The summed E-state index contributed by atoms with van der Waals surface area (Å²) in [6.07, 6.45) is 2.24. The summed E-state index contributed by atoms with van der Waals surface area (Å²) >= 11 is 0. The molecule has 1 aliphatic rings. The van der Waals surface area contributed by atoms with Crippen LogP contribution in [0.3, 0.4) is 0 Å². The molecule has 7 nitrogen and oxygen atoms in total. The third-order valence-corrected chi connectivity index (χ3v) is 5.14. The Bertz CT molecular complexity index is 1100. The van der Waals surface area contributed by atoms with Crippen molar-refractivity contribution in [3.63, 3.8) is 0 Å². The van der Waals surface area contributed by atoms with Gasteiger partial charge in [-0.3, -0.25) is 0 Å². The van der Waals surface area contributed by atoms with Crippen LogP contribution in [0.4, 0.5) is 5.95 Å². The molecule has 1 aromatic heterocycles. The van der Waals surface area contributed by atoms with Crippen molar-refractivity contribution < 1.29 is 14.3 Å². The van der Waals surface area contributed by atoms with Gasteiger partial charge >= 0.3 is 5.97 Å². The van der Waals surface area contributed by atoms with E-state index in [-0.39, 0.29) is 5.97 Å². The number of anilines is 1. The minimum Gasteiger partial charge on any atom is -0.489 e. The highest BCUT2D eigenvalue weighted by Gasteiger charge is 2.34. The predicted molar refractivity (Wildman–Crippen MR) is 118 cm³/mol. The first-order valence-electron chi connectivity index (χ1n) is 10.4. The summed E-state index contributed by atoms with van der Waals surface area (Å²) in [7, 11) is 0. The lowest BCUT2D eigenvalue weighted by molar-refractivity contribution is -0.139. The number of carbonyl (C=O) groups excluding carboxylic acids is 1. The maximum Gasteiger partial charge on any atom is 0.338 e. The van der Waals surface area contributed by atoms with Gasteiger partial charge in [-0.15, -0.1) is 0 Å². The summed E-state index contributed by atoms with van der Waals surface area (Å²) in [4.78, 5) is 17.1. The summed E-state index contributed by atoms with van der Waals surface area (Å²) in [6.45, 7) is 6.75. The highest BCUT2D eigenvalue weighted by molar-refractivity contribution is 5.92. The number of rotatable bonds is 7. The first-order chi connectivity index (χ1) is 15.1. The number of fused-ring (bicyclic) bond motifs is 1. The van der Waals surface area contributed by atoms with E-state index in [0.717, 1.165) is 23.3 Å². The van der Waals surface area contributed by atoms with Crippen LogP contribution in [0.1, 0.15) is 43.0 Å². The van der Waals surface area contributed by atoms with Gasteiger partial charge in [0, 0.05) is 5.70 Å². The molecule has 0 aliphatic carbocycles. The first-order valence-corrected chi connectivity index (χ1v) is 10.4. The smallest absolute Gasteiger partial charge is 0.338 e. The first kappa shape index (κ1) is 20.7. The average Bonchev–Trinajstić information content (AvgIpc) is 3.23. The quantitative estimate of drug-likeness (QED) is 0.573. The molecule has 1 atom stereocenters. The molecule has 3 aromatic rings. The van der Waals surface area contributed by atoms with E-state index in [1.54, 1.807) is 4.68 Å². The number of hydrogen-bond acceptors (Lipinski definition) is 6. The molecular formula is C24H26N4O3. The van der Waals surface area contributed by atoms with Crippen molar-refractivity contribution in [1.82, 2.24) is 14.8 Å². The van der Waals surface area contributed by atoms with E-state index in [1.807, 2.05) is 50.2 Å². The van der Waals surface area contributed by atoms with Gasteiger partial charge in [-0.05, 0) is 43.5 Å². The molecular weight excluding hydrogens is 392 g/mol. The Hall–Kier alpha value is -3.61. The van der Waals surface area contributed by atoms with E-state index >= 15 is 0 Å². The van der Waals surface area contributed by atoms with Gasteiger partial charge in [-0.1, -0.05) is 48.9 Å². The summed E-state index contributed by atoms with van der Waals surface area (Å²) < 4.78 is 13.1. The molecule has 0 saturated carbocycles. The van der Waals surface area contributed by atoms with Crippen molar-refractivity contribution in [3.8, 4) is 5.75 Å². The number of hydrogen-bond donors (Lipinski definition) is 1. The number of aryl methyl sites for hydroxylation is 1. The second kappa shape index (κ2) is 9.04. The highest BCUT2D eigenvalue weighted by Crippen LogP contribution is 2.35. The molecule has 31 heavy (non-hydrogen) atoms. The number of allylic oxidation sites excluding steroid dienone is 1. The van der Waals surface area contributed by atoms with Crippen LogP contribution in [0.15, 0.2) is 66.1 Å². The molecule has 0 saturated heterocycles. The Morgan fingerprint density at radius 3 is 2.71 bits per heavy atom. The normalized spacial score (nSPS) is 15.3. The van der Waals surface area contributed by atoms with Crippen LogP contribution < -0.4 is 10.1 Å². The van der Waals surface area contributed by atoms with E-state index in [2.05, 4.69) is 34.5 Å². The molecule has 1 unspecified atom stereocenters. The molecule has 2 heterocycles. The topological polar surface area (TPSA) is 78.3 Å². The van der Waals surface area contributed by atoms with Crippen LogP contribution in [-0.4, -0.2) is 27.3 Å². The van der Waals surface area contributed by atoms with Crippen LogP contribution in [0, 0.1) is 6.92 Å². The van der Waals surface area contributed by atoms with Gasteiger partial charge in [0.2, 0.25) is 5.95 Å². The lowest BCUT2D eigenvalue weighted by Crippen LogP contribution is -2.29. The number of nitrogens with zero attached hydrogens (tertiary/aromatic N) is 3. The predicted octanol–water partition coefficient (Wildman–Crippen LogP) is 4.41. The van der Waals surface area contributed by atoms with E-state index in [0.29, 0.717) is 30.4 Å². The van der Waals surface area contributed by atoms with Crippen molar-refractivity contribution in [2.75, 3.05) is 11.9 Å². The Kier molecular flexibility index (Phi) is 6.02. The number of nitrogens with one attached hydrogen (secondary N) is 1. The van der Waals surface area contributed by atoms with Crippen molar-refractivity contribution >= 4 is 11.9 Å². The van der Waals surface area contributed by atoms with Crippen LogP contribution in [-0.2, 0) is 16.1 Å². The van der Waals surface area contributed by atoms with E-state index in [4.69, 9.17) is 9.47 Å². The lowest BCUT2D eigenvalue weighted by atomic mass is 9.96. The fourth-order valence-corrected chi connectivity index (χ4v) is 3.65. The number of benzene rings is 2. The van der Waals surface area contributed by atoms with E-state index < -0.39 is 6.04 Å². The molecule has 0 bridgehead atoms. The van der Waals surface area contributed by atoms with Crippen LogP contribution in [0.2, 0.25) is 0 Å². The van der Waals surface area contributed by atoms with Gasteiger partial charge in [-0.2, -0.15) is 10.1 Å². The highest BCUT2D eigenvalue weighted by atomic mass is 16.5. The summed E-state index contributed by atoms with van der Waals surface area (Å²) in [5.41, 5.74) is 4.47. The molecule has 4 rings (SSSR count). The third-order valence-electron chi connectivity index (χ3n) is 5.14. The fraction of sp³-hybridized carbons (Fsp3) is 0.292. The molecule has 0 spiro atoms. The summed E-state index contributed by atoms with van der Waals surface area (Å²) in [5, 5.41) is 7.48. The third kappa shape index (κ3) is 4.45. The fourth-order valence-electron chi connectivity index (χ4n) is 3.65. The van der Waals surface area contributed by atoms with E-state index in [9.17, 15) is 4.79 Å². The largest absolute Gasteiger partial charge is 0.489 e. The molecule has 2 aromatic carbocycles. The summed E-state index contributed by atoms with van der Waals surface area (Å²) in [6, 6.07) is 15.5. The number of ether oxygens (including phenoxy) is 2. The zero-order chi connectivity index (χ0) is 21.8. The maximum atomic E-state index is 12.8. The minimum absolute atomic E-state index is 0.349. The monoisotopic (exact) mass is 418 g/mol. The molecule has 160 valence electrons. The zero-order valence-electron chi connectivity index (χ0n) is 18.0. The summed E-state index contributed by atoms with van der Waals surface area (Å²) in [5.74, 6) is 1.00. The van der Waals surface area contributed by atoms with Crippen LogP contribution in [0.5, 0.6) is 5.75 Å². The Labute approximate surface area is 181 Å². The van der Waals surface area contributed by atoms with Gasteiger partial charge in [0.05, 0.1) is 12.2 Å². The van der Waals surface area contributed by atoms with Gasteiger partial charge in [0.1, 0.15) is 24.7 Å². The average molecular weight is 418 g/mol. The molecule has 0 radical (unpaired) electrons. The van der Waals surface area contributed by atoms with Crippen molar-refractivity contribution in [3.05, 3.63) is 82.8 Å². The molecule has 0 amide bonds. The zero-order valence-corrected chi connectivity index (χ0v) is 18.0. The van der Waals surface area contributed by atoms with Crippen LogP contribution in [0.25, 0.3) is 0 Å². The van der Waals surface area contributed by atoms with Crippen molar-refractivity contribution in [2.24, 2.45) is 0 Å². The van der Waals surface area contributed by atoms with Gasteiger partial charge < -0.3 is 14.8 Å². The lowest BCUT2D eigenvalue weighted by Gasteiger charge is -2.28. The molecule has 1 aliphatic heterocycles. The van der Waals surface area contributed by atoms with E-state index in [1.165, 1.54) is 11.9 Å². The Morgan fingerprint density at radius 1 is 1.16 bits per heavy atom. The second-order valence-electron chi connectivity index (χ2n) is 7.58. The van der Waals surface area contributed by atoms with Gasteiger partial charge in [0.25, 0.3) is 0 Å². The number of esters is 1. The standard InChI is InChI=1S/C24H26N4O3/c1-4-12-30-23(29)21-17(3)27-24-25-15-26-28(24)22(21)19-8-10-20(11-9-19)31-14-18-7-5-6-16(2)13-18/h5-11,13,15,22H,4,12,14H2,1-3H3,(H,25,26,27).